The SMILES string of the molecule is CC(=O)C1=NN(c2ccc(C)cc2)/C(=C(/C#N)C(=O)c2sc3nc4ccccc4n3c2C)S1. The highest BCUT2D eigenvalue weighted by Gasteiger charge is 2.33. The van der Waals surface area contributed by atoms with E-state index in [9.17, 15) is 14.9 Å². The number of hydrogen-bond acceptors (Lipinski definition) is 8. The van der Waals surface area contributed by atoms with Crippen LogP contribution in [0, 0.1) is 25.2 Å². The fraction of sp³-hybridized carbons (Fsp3) is 0.125. The number of imidazole rings is 1. The van der Waals surface area contributed by atoms with E-state index in [2.05, 4.69) is 16.2 Å². The second kappa shape index (κ2) is 7.99. The summed E-state index contributed by atoms with van der Waals surface area (Å²) in [7, 11) is 0. The van der Waals surface area contributed by atoms with Gasteiger partial charge in [0.15, 0.2) is 15.8 Å². The molecule has 0 N–H and O–H groups in total. The lowest BCUT2D eigenvalue weighted by molar-refractivity contribution is -0.110. The van der Waals surface area contributed by atoms with Crippen molar-refractivity contribution in [3.05, 3.63) is 75.3 Å². The molecular weight excluding hydrogens is 454 g/mol. The number of ketones is 2. The Hall–Kier alpha value is -3.74. The third kappa shape index (κ3) is 3.44. The van der Waals surface area contributed by atoms with Crippen molar-refractivity contribution in [2.24, 2.45) is 5.10 Å². The molecule has 0 radical (unpaired) electrons. The normalized spacial score (nSPS) is 15.1. The van der Waals surface area contributed by atoms with Crippen LogP contribution in [0.3, 0.4) is 0 Å². The van der Waals surface area contributed by atoms with Crippen LogP contribution in [-0.4, -0.2) is 26.0 Å². The van der Waals surface area contributed by atoms with E-state index in [1.165, 1.54) is 23.3 Å². The molecule has 0 saturated heterocycles. The van der Waals surface area contributed by atoms with Crippen molar-refractivity contribution in [3.63, 3.8) is 0 Å². The van der Waals surface area contributed by atoms with Crippen LogP contribution in [-0.2, 0) is 4.79 Å². The maximum absolute atomic E-state index is 13.6. The maximum Gasteiger partial charge on any atom is 0.218 e. The summed E-state index contributed by atoms with van der Waals surface area (Å²) >= 11 is 2.30. The molecule has 0 aliphatic carbocycles. The maximum atomic E-state index is 13.6. The first kappa shape index (κ1) is 21.1. The molecule has 4 aromatic rings. The number of aromatic nitrogens is 2. The van der Waals surface area contributed by atoms with E-state index in [1.54, 1.807) is 0 Å². The summed E-state index contributed by atoms with van der Waals surface area (Å²) in [6, 6.07) is 17.3. The highest BCUT2D eigenvalue weighted by Crippen LogP contribution is 2.39. The topological polar surface area (TPSA) is 90.8 Å². The average Bonchev–Trinajstić information content (AvgIpc) is 3.48. The smallest absolute Gasteiger partial charge is 0.218 e. The molecule has 162 valence electrons. The highest BCUT2D eigenvalue weighted by molar-refractivity contribution is 8.19. The van der Waals surface area contributed by atoms with Crippen LogP contribution in [0.1, 0.15) is 27.9 Å². The number of benzene rings is 2. The van der Waals surface area contributed by atoms with Crippen molar-refractivity contribution in [1.82, 2.24) is 9.38 Å². The van der Waals surface area contributed by atoms with Crippen LogP contribution in [0.2, 0.25) is 0 Å². The van der Waals surface area contributed by atoms with Crippen molar-refractivity contribution in [3.8, 4) is 6.07 Å². The van der Waals surface area contributed by atoms with E-state index in [4.69, 9.17) is 0 Å². The lowest BCUT2D eigenvalue weighted by Gasteiger charge is -2.16. The second-order valence-electron chi connectivity index (χ2n) is 7.57. The minimum atomic E-state index is -0.408. The number of allylic oxidation sites excluding steroid dienone is 1. The molecular formula is C24H17N5O2S2. The highest BCUT2D eigenvalue weighted by atomic mass is 32.2. The van der Waals surface area contributed by atoms with Crippen molar-refractivity contribution in [1.29, 1.82) is 5.26 Å². The molecule has 0 bridgehead atoms. The van der Waals surface area contributed by atoms with Gasteiger partial charge in [0.1, 0.15) is 16.7 Å². The molecule has 9 heteroatoms. The van der Waals surface area contributed by atoms with E-state index in [0.717, 1.165) is 34.1 Å². The molecule has 2 aromatic carbocycles. The second-order valence-corrected chi connectivity index (χ2v) is 9.52. The quantitative estimate of drug-likeness (QED) is 0.230. The van der Waals surface area contributed by atoms with E-state index >= 15 is 0 Å². The van der Waals surface area contributed by atoms with Crippen molar-refractivity contribution >= 4 is 61.4 Å². The van der Waals surface area contributed by atoms with Crippen LogP contribution >= 0.6 is 23.1 Å². The number of thioether (sulfide) groups is 1. The third-order valence-electron chi connectivity index (χ3n) is 5.30. The minimum Gasteiger partial charge on any atom is -0.292 e. The fourth-order valence-corrected chi connectivity index (χ4v) is 5.64. The summed E-state index contributed by atoms with van der Waals surface area (Å²) < 4.78 is 1.93. The summed E-state index contributed by atoms with van der Waals surface area (Å²) in [4.78, 5) is 31.4. The predicted molar refractivity (Wildman–Crippen MR) is 132 cm³/mol. The van der Waals surface area contributed by atoms with Crippen LogP contribution < -0.4 is 5.01 Å². The number of fused-ring (bicyclic) bond motifs is 3. The average molecular weight is 472 g/mol. The van der Waals surface area contributed by atoms with Crippen LogP contribution in [0.15, 0.2) is 64.2 Å². The van der Waals surface area contributed by atoms with E-state index < -0.39 is 5.78 Å². The van der Waals surface area contributed by atoms with Gasteiger partial charge in [-0.15, -0.1) is 0 Å². The predicted octanol–water partition coefficient (Wildman–Crippen LogP) is 5.24. The van der Waals surface area contributed by atoms with Gasteiger partial charge in [-0.1, -0.05) is 41.2 Å². The number of para-hydroxylation sites is 2. The fourth-order valence-electron chi connectivity index (χ4n) is 3.63. The van der Waals surface area contributed by atoms with Gasteiger partial charge in [-0.25, -0.2) is 9.99 Å². The Balaban J connectivity index is 1.65. The molecule has 0 fully saturated rings. The van der Waals surface area contributed by atoms with Gasteiger partial charge in [0.05, 0.1) is 21.6 Å². The number of anilines is 1. The molecule has 0 atom stereocenters. The molecule has 5 rings (SSSR count). The van der Waals surface area contributed by atoms with E-state index in [1.807, 2.05) is 66.8 Å². The Morgan fingerprint density at radius 3 is 2.48 bits per heavy atom. The molecule has 1 aliphatic rings. The summed E-state index contributed by atoms with van der Waals surface area (Å²) in [6.45, 7) is 5.23. The number of aryl methyl sites for hydroxylation is 2. The van der Waals surface area contributed by atoms with Gasteiger partial charge in [-0.3, -0.25) is 14.0 Å². The standard InChI is InChI=1S/C24H17N5O2S2/c1-13-8-10-16(11-9-13)29-23(33-22(27-29)15(3)30)17(12-25)20(31)21-14(2)28-19-7-5-4-6-18(19)26-24(28)32-21/h4-11H,1-3H3/b23-17+. The van der Waals surface area contributed by atoms with Gasteiger partial charge < -0.3 is 0 Å². The van der Waals surface area contributed by atoms with Gasteiger partial charge in [0, 0.05) is 12.6 Å². The molecule has 0 spiro atoms. The number of Topliss-reactive ketones (excluding diaryl/α,β-unsaturated/α-hetero) is 2. The summed E-state index contributed by atoms with van der Waals surface area (Å²) in [6.07, 6.45) is 0. The molecule has 0 unspecified atom stereocenters. The number of hydrazone groups is 1. The summed E-state index contributed by atoms with van der Waals surface area (Å²) in [5, 5.41) is 16.5. The van der Waals surface area contributed by atoms with Crippen molar-refractivity contribution in [2.45, 2.75) is 20.8 Å². The lowest BCUT2D eigenvalue weighted by Crippen LogP contribution is -2.15. The number of rotatable bonds is 4. The van der Waals surface area contributed by atoms with Gasteiger partial charge >= 0.3 is 0 Å². The van der Waals surface area contributed by atoms with E-state index in [-0.39, 0.29) is 16.4 Å². The van der Waals surface area contributed by atoms with Gasteiger partial charge in [0.25, 0.3) is 0 Å². The summed E-state index contributed by atoms with van der Waals surface area (Å²) in [5.41, 5.74) is 4.15. The zero-order valence-corrected chi connectivity index (χ0v) is 19.6. The zero-order chi connectivity index (χ0) is 23.3. The van der Waals surface area contributed by atoms with Crippen LogP contribution in [0.4, 0.5) is 5.69 Å². The molecule has 0 saturated carbocycles. The Labute approximate surface area is 197 Å². The number of nitriles is 1. The first-order valence-corrected chi connectivity index (χ1v) is 11.7. The molecule has 2 aromatic heterocycles. The first-order chi connectivity index (χ1) is 15.9. The van der Waals surface area contributed by atoms with Gasteiger partial charge in [0.2, 0.25) is 5.78 Å². The largest absolute Gasteiger partial charge is 0.292 e. The van der Waals surface area contributed by atoms with Crippen LogP contribution in [0.5, 0.6) is 0 Å². The minimum absolute atomic E-state index is 0.0579. The van der Waals surface area contributed by atoms with Gasteiger partial charge in [-0.05, 0) is 49.9 Å². The van der Waals surface area contributed by atoms with Gasteiger partial charge in [-0.2, -0.15) is 10.4 Å². The lowest BCUT2D eigenvalue weighted by atomic mass is 10.1. The molecule has 3 heterocycles. The first-order valence-electron chi connectivity index (χ1n) is 10.1. The zero-order valence-electron chi connectivity index (χ0n) is 18.0. The Bertz CT molecular complexity index is 1570. The number of carbonyl (C=O) groups is 2. The van der Waals surface area contributed by atoms with Crippen molar-refractivity contribution in [2.75, 3.05) is 5.01 Å². The van der Waals surface area contributed by atoms with E-state index in [0.29, 0.717) is 20.6 Å². The number of nitrogens with zero attached hydrogens (tertiary/aromatic N) is 5. The molecule has 33 heavy (non-hydrogen) atoms. The Morgan fingerprint density at radius 2 is 1.79 bits per heavy atom. The molecule has 0 amide bonds. The third-order valence-corrected chi connectivity index (χ3v) is 7.58. The number of carbonyl (C=O) groups excluding carboxylic acids is 2. The Kier molecular flexibility index (Phi) is 5.12. The van der Waals surface area contributed by atoms with Crippen molar-refractivity contribution < 1.29 is 9.59 Å². The summed E-state index contributed by atoms with van der Waals surface area (Å²) in [5.74, 6) is -0.636. The monoisotopic (exact) mass is 471 g/mol. The Morgan fingerprint density at radius 1 is 1.06 bits per heavy atom. The molecule has 1 aliphatic heterocycles. The number of thiazole rings is 1. The van der Waals surface area contributed by atoms with Crippen LogP contribution in [0.25, 0.3) is 16.0 Å². The number of hydrogen-bond donors (Lipinski definition) is 0. The molecule has 7 nitrogen and oxygen atoms in total.